The Labute approximate surface area is 124 Å². The summed E-state index contributed by atoms with van der Waals surface area (Å²) < 4.78 is 0. The van der Waals surface area contributed by atoms with E-state index in [1.807, 2.05) is 6.07 Å². The van der Waals surface area contributed by atoms with E-state index >= 15 is 0 Å². The van der Waals surface area contributed by atoms with Gasteiger partial charge in [0.05, 0.1) is 18.2 Å². The topological polar surface area (TPSA) is 48.7 Å². The van der Waals surface area contributed by atoms with Gasteiger partial charge >= 0.3 is 0 Å². The van der Waals surface area contributed by atoms with Crippen molar-refractivity contribution in [2.45, 2.75) is 32.2 Å². The molecule has 0 fully saturated rings. The van der Waals surface area contributed by atoms with Gasteiger partial charge in [0.25, 0.3) is 0 Å². The summed E-state index contributed by atoms with van der Waals surface area (Å²) in [7, 11) is 0. The molecule has 1 aromatic heterocycles. The number of aromatic nitrogens is 1. The van der Waals surface area contributed by atoms with Gasteiger partial charge in [-0.25, -0.2) is 4.98 Å². The third-order valence-electron chi connectivity index (χ3n) is 3.09. The minimum absolute atomic E-state index is 0.285. The molecule has 0 saturated carbocycles. The van der Waals surface area contributed by atoms with Crippen LogP contribution in [0, 0.1) is 11.3 Å². The van der Waals surface area contributed by atoms with E-state index in [0.717, 1.165) is 30.1 Å². The van der Waals surface area contributed by atoms with Crippen LogP contribution in [-0.2, 0) is 12.8 Å². The Kier molecular flexibility index (Phi) is 5.72. The summed E-state index contributed by atoms with van der Waals surface area (Å²) in [6, 6.07) is 12.9. The highest BCUT2D eigenvalue weighted by Gasteiger charge is 2.13. The highest BCUT2D eigenvalue weighted by atomic mass is 32.1. The second kappa shape index (κ2) is 7.78. The van der Waals surface area contributed by atoms with Crippen LogP contribution >= 0.6 is 11.3 Å². The van der Waals surface area contributed by atoms with Gasteiger partial charge in [-0.1, -0.05) is 37.3 Å². The number of thiazole rings is 1. The summed E-state index contributed by atoms with van der Waals surface area (Å²) in [6.07, 6.45) is 2.38. The lowest BCUT2D eigenvalue weighted by Gasteiger charge is -2.18. The van der Waals surface area contributed by atoms with Gasteiger partial charge in [0, 0.05) is 17.8 Å². The summed E-state index contributed by atoms with van der Waals surface area (Å²) in [5.74, 6) is 0. The molecule has 0 aliphatic carbocycles. The van der Waals surface area contributed by atoms with Crippen LogP contribution in [0.25, 0.3) is 0 Å². The molecule has 1 unspecified atom stereocenters. The molecule has 2 rings (SSSR count). The summed E-state index contributed by atoms with van der Waals surface area (Å²) in [5, 5.41) is 15.3. The van der Waals surface area contributed by atoms with Crippen LogP contribution in [0.3, 0.4) is 0 Å². The molecule has 1 heterocycles. The third kappa shape index (κ3) is 4.16. The molecule has 1 N–H and O–H groups in total. The Morgan fingerprint density at radius 1 is 1.35 bits per heavy atom. The van der Waals surface area contributed by atoms with Crippen molar-refractivity contribution in [3.8, 4) is 6.07 Å². The molecule has 0 saturated heterocycles. The maximum Gasteiger partial charge on any atom is 0.107 e. The van der Waals surface area contributed by atoms with Crippen molar-refractivity contribution in [3.05, 3.63) is 52.0 Å². The zero-order valence-corrected chi connectivity index (χ0v) is 12.5. The standard InChI is InChI=1S/C16H19N3S/c1-2-10-18-15(13-6-4-3-5-7-13)11-14-12-20-16(19-14)8-9-17/h3-7,12,15,18H,2,8,10-11H2,1H3. The van der Waals surface area contributed by atoms with E-state index in [2.05, 4.69) is 52.9 Å². The Hall–Kier alpha value is -1.70. The third-order valence-corrected chi connectivity index (χ3v) is 3.98. The SMILES string of the molecule is CCCNC(Cc1csc(CC#N)n1)c1ccccc1. The second-order valence-electron chi connectivity index (χ2n) is 4.69. The number of hydrogen-bond donors (Lipinski definition) is 1. The van der Waals surface area contributed by atoms with E-state index in [1.54, 1.807) is 11.3 Å². The minimum atomic E-state index is 0.285. The molecule has 104 valence electrons. The number of nitrogens with zero attached hydrogens (tertiary/aromatic N) is 2. The van der Waals surface area contributed by atoms with Gasteiger partial charge in [0.15, 0.2) is 0 Å². The molecule has 0 aliphatic rings. The fraction of sp³-hybridized carbons (Fsp3) is 0.375. The molecule has 2 aromatic rings. The van der Waals surface area contributed by atoms with Crippen LogP contribution in [0.1, 0.15) is 35.7 Å². The minimum Gasteiger partial charge on any atom is -0.310 e. The average Bonchev–Trinajstić information content (AvgIpc) is 2.92. The van der Waals surface area contributed by atoms with E-state index in [4.69, 9.17) is 5.26 Å². The molecule has 1 atom stereocenters. The Bertz CT molecular complexity index is 557. The second-order valence-corrected chi connectivity index (χ2v) is 5.63. The molecule has 3 nitrogen and oxygen atoms in total. The normalized spacial score (nSPS) is 12.0. The van der Waals surface area contributed by atoms with Crippen molar-refractivity contribution in [2.24, 2.45) is 0 Å². The van der Waals surface area contributed by atoms with E-state index in [1.165, 1.54) is 5.56 Å². The molecule has 4 heteroatoms. The summed E-state index contributed by atoms with van der Waals surface area (Å²) >= 11 is 1.57. The quantitative estimate of drug-likeness (QED) is 0.847. The highest BCUT2D eigenvalue weighted by Crippen LogP contribution is 2.20. The lowest BCUT2D eigenvalue weighted by Crippen LogP contribution is -2.24. The maximum atomic E-state index is 8.71. The van der Waals surface area contributed by atoms with E-state index in [0.29, 0.717) is 6.42 Å². The van der Waals surface area contributed by atoms with Gasteiger partial charge in [0.2, 0.25) is 0 Å². The van der Waals surface area contributed by atoms with Gasteiger partial charge in [0.1, 0.15) is 5.01 Å². The summed E-state index contributed by atoms with van der Waals surface area (Å²) in [6.45, 7) is 3.16. The van der Waals surface area contributed by atoms with Gasteiger partial charge in [-0.2, -0.15) is 5.26 Å². The highest BCUT2D eigenvalue weighted by molar-refractivity contribution is 7.09. The lowest BCUT2D eigenvalue weighted by molar-refractivity contribution is 0.525. The first kappa shape index (κ1) is 14.7. The molecule has 0 aliphatic heterocycles. The van der Waals surface area contributed by atoms with Crippen molar-refractivity contribution in [1.29, 1.82) is 5.26 Å². The van der Waals surface area contributed by atoms with Crippen molar-refractivity contribution >= 4 is 11.3 Å². The van der Waals surface area contributed by atoms with Crippen LogP contribution in [0.5, 0.6) is 0 Å². The Morgan fingerprint density at radius 2 is 2.15 bits per heavy atom. The molecule has 20 heavy (non-hydrogen) atoms. The number of benzene rings is 1. The van der Waals surface area contributed by atoms with E-state index < -0.39 is 0 Å². The maximum absolute atomic E-state index is 8.71. The Balaban J connectivity index is 2.09. The molecular weight excluding hydrogens is 266 g/mol. The lowest BCUT2D eigenvalue weighted by atomic mass is 10.0. The van der Waals surface area contributed by atoms with Crippen molar-refractivity contribution < 1.29 is 0 Å². The molecule has 0 bridgehead atoms. The molecule has 0 spiro atoms. The van der Waals surface area contributed by atoms with E-state index in [9.17, 15) is 0 Å². The van der Waals surface area contributed by atoms with Crippen molar-refractivity contribution in [1.82, 2.24) is 10.3 Å². The molecule has 0 radical (unpaired) electrons. The van der Waals surface area contributed by atoms with Crippen LogP contribution in [0.4, 0.5) is 0 Å². The first-order chi connectivity index (χ1) is 9.83. The summed E-state index contributed by atoms with van der Waals surface area (Å²) in [5.41, 5.74) is 2.36. The van der Waals surface area contributed by atoms with Crippen LogP contribution in [-0.4, -0.2) is 11.5 Å². The van der Waals surface area contributed by atoms with Gasteiger partial charge < -0.3 is 5.32 Å². The van der Waals surface area contributed by atoms with E-state index in [-0.39, 0.29) is 6.04 Å². The number of nitriles is 1. The fourth-order valence-corrected chi connectivity index (χ4v) is 2.85. The monoisotopic (exact) mass is 285 g/mol. The first-order valence-electron chi connectivity index (χ1n) is 6.92. The van der Waals surface area contributed by atoms with Gasteiger partial charge in [-0.15, -0.1) is 11.3 Å². The van der Waals surface area contributed by atoms with Crippen molar-refractivity contribution in [2.75, 3.05) is 6.54 Å². The molecular formula is C16H19N3S. The van der Waals surface area contributed by atoms with Crippen LogP contribution < -0.4 is 5.32 Å². The zero-order chi connectivity index (χ0) is 14.2. The van der Waals surface area contributed by atoms with Crippen LogP contribution in [0.2, 0.25) is 0 Å². The largest absolute Gasteiger partial charge is 0.310 e. The summed E-state index contributed by atoms with van der Waals surface area (Å²) in [4.78, 5) is 4.53. The number of nitrogens with one attached hydrogen (secondary N) is 1. The molecule has 1 aromatic carbocycles. The predicted octanol–water partition coefficient (Wildman–Crippen LogP) is 3.49. The predicted molar refractivity (Wildman–Crippen MR) is 82.6 cm³/mol. The smallest absolute Gasteiger partial charge is 0.107 e. The van der Waals surface area contributed by atoms with Crippen molar-refractivity contribution in [3.63, 3.8) is 0 Å². The van der Waals surface area contributed by atoms with Crippen LogP contribution in [0.15, 0.2) is 35.7 Å². The van der Waals surface area contributed by atoms with Gasteiger partial charge in [-0.05, 0) is 18.5 Å². The van der Waals surface area contributed by atoms with Gasteiger partial charge in [-0.3, -0.25) is 0 Å². The molecule has 0 amide bonds. The average molecular weight is 285 g/mol. The number of hydrogen-bond acceptors (Lipinski definition) is 4. The fourth-order valence-electron chi connectivity index (χ4n) is 2.11. The Morgan fingerprint density at radius 3 is 2.85 bits per heavy atom. The number of rotatable bonds is 7. The first-order valence-corrected chi connectivity index (χ1v) is 7.80. The zero-order valence-electron chi connectivity index (χ0n) is 11.7.